The molecule has 4 N–H and O–H groups in total. The van der Waals surface area contributed by atoms with Gasteiger partial charge in [-0.25, -0.2) is 4.79 Å². The summed E-state index contributed by atoms with van der Waals surface area (Å²) in [6.07, 6.45) is 1.85. The van der Waals surface area contributed by atoms with E-state index in [0.29, 0.717) is 31.7 Å². The number of carbonyl (C=O) groups is 2. The van der Waals surface area contributed by atoms with Gasteiger partial charge in [0.1, 0.15) is 5.60 Å². The number of nitrogens with zero attached hydrogens (tertiary/aromatic N) is 2. The maximum absolute atomic E-state index is 12.1. The van der Waals surface area contributed by atoms with Gasteiger partial charge in [-0.05, 0) is 40.7 Å². The molecular weight excluding hydrogens is 298 g/mol. The third-order valence-electron chi connectivity index (χ3n) is 3.00. The predicted octanol–water partition coefficient (Wildman–Crippen LogP) is 0.795. The van der Waals surface area contributed by atoms with Crippen molar-refractivity contribution in [2.45, 2.75) is 46.3 Å². The molecule has 0 aliphatic rings. The highest BCUT2D eigenvalue weighted by molar-refractivity contribution is 5.95. The fourth-order valence-corrected chi connectivity index (χ4v) is 1.89. The maximum atomic E-state index is 12.1. The molecule has 0 bridgehead atoms. The summed E-state index contributed by atoms with van der Waals surface area (Å²) in [4.78, 5) is 23.6. The molecule has 0 unspecified atom stereocenters. The Morgan fingerprint density at radius 2 is 1.96 bits per heavy atom. The number of nitrogens with two attached hydrogens (primary N) is 1. The zero-order valence-electron chi connectivity index (χ0n) is 14.3. The van der Waals surface area contributed by atoms with Crippen LogP contribution in [-0.4, -0.2) is 47.0 Å². The highest BCUT2D eigenvalue weighted by Gasteiger charge is 2.16. The molecule has 8 nitrogen and oxygen atoms in total. The van der Waals surface area contributed by atoms with Crippen LogP contribution in [-0.2, 0) is 11.3 Å². The van der Waals surface area contributed by atoms with E-state index in [1.54, 1.807) is 31.6 Å². The second-order valence-electron chi connectivity index (χ2n) is 6.19. The van der Waals surface area contributed by atoms with E-state index in [9.17, 15) is 9.59 Å². The lowest BCUT2D eigenvalue weighted by Crippen LogP contribution is -2.37. The van der Waals surface area contributed by atoms with Crippen LogP contribution in [0.3, 0.4) is 0 Å². The van der Waals surface area contributed by atoms with E-state index < -0.39 is 11.7 Å². The summed E-state index contributed by atoms with van der Waals surface area (Å²) < 4.78 is 6.87. The lowest BCUT2D eigenvalue weighted by atomic mass is 10.2. The lowest BCUT2D eigenvalue weighted by Gasteiger charge is -2.19. The molecule has 0 aliphatic heterocycles. The largest absolute Gasteiger partial charge is 0.444 e. The minimum absolute atomic E-state index is 0.215. The normalized spacial score (nSPS) is 11.2. The van der Waals surface area contributed by atoms with E-state index in [0.717, 1.165) is 12.1 Å². The molecule has 0 saturated heterocycles. The number of rotatable bonds is 7. The van der Waals surface area contributed by atoms with Gasteiger partial charge < -0.3 is 21.1 Å². The molecule has 8 heteroatoms. The third kappa shape index (κ3) is 6.68. The van der Waals surface area contributed by atoms with Crippen molar-refractivity contribution < 1.29 is 14.3 Å². The molecule has 0 fully saturated rings. The van der Waals surface area contributed by atoms with Gasteiger partial charge >= 0.3 is 6.09 Å². The SMILES string of the molecule is Cc1c(C(=O)NCCNC(=O)OC(C)(C)C)cnn1CCCN. The van der Waals surface area contributed by atoms with Crippen LogP contribution < -0.4 is 16.4 Å². The first kappa shape index (κ1) is 19.0. The monoisotopic (exact) mass is 325 g/mol. The number of amides is 2. The molecule has 1 aromatic rings. The predicted molar refractivity (Wildman–Crippen MR) is 87.2 cm³/mol. The van der Waals surface area contributed by atoms with Crippen LogP contribution in [0, 0.1) is 6.92 Å². The Labute approximate surface area is 136 Å². The van der Waals surface area contributed by atoms with Gasteiger partial charge in [-0.1, -0.05) is 0 Å². The van der Waals surface area contributed by atoms with Crippen LogP contribution in [0.4, 0.5) is 4.79 Å². The number of aromatic nitrogens is 2. The van der Waals surface area contributed by atoms with Gasteiger partial charge in [0, 0.05) is 25.3 Å². The molecule has 1 aromatic heterocycles. The van der Waals surface area contributed by atoms with Crippen molar-refractivity contribution in [2.24, 2.45) is 5.73 Å². The minimum atomic E-state index is -0.539. The van der Waals surface area contributed by atoms with Crippen molar-refractivity contribution in [1.82, 2.24) is 20.4 Å². The Morgan fingerprint density at radius 3 is 2.57 bits per heavy atom. The Hall–Kier alpha value is -2.09. The van der Waals surface area contributed by atoms with Gasteiger partial charge in [0.2, 0.25) is 0 Å². The Morgan fingerprint density at radius 1 is 1.30 bits per heavy atom. The molecule has 0 radical (unpaired) electrons. The van der Waals surface area contributed by atoms with E-state index in [1.807, 2.05) is 6.92 Å². The van der Waals surface area contributed by atoms with Gasteiger partial charge in [-0.15, -0.1) is 0 Å². The molecule has 1 heterocycles. The summed E-state index contributed by atoms with van der Waals surface area (Å²) in [5, 5.41) is 9.50. The number of carbonyl (C=O) groups excluding carboxylic acids is 2. The summed E-state index contributed by atoms with van der Waals surface area (Å²) in [5.74, 6) is -0.215. The average Bonchev–Trinajstić information content (AvgIpc) is 2.80. The molecule has 0 spiro atoms. The summed E-state index contributed by atoms with van der Waals surface area (Å²) in [7, 11) is 0. The van der Waals surface area contributed by atoms with Gasteiger partial charge in [0.15, 0.2) is 0 Å². The molecule has 2 amide bonds. The zero-order valence-corrected chi connectivity index (χ0v) is 14.3. The van der Waals surface area contributed by atoms with Gasteiger partial charge in [0.25, 0.3) is 5.91 Å². The molecule has 0 saturated carbocycles. The van der Waals surface area contributed by atoms with Crippen molar-refractivity contribution in [3.63, 3.8) is 0 Å². The summed E-state index contributed by atoms with van der Waals surface area (Å²) in [6, 6.07) is 0. The van der Waals surface area contributed by atoms with Crippen LogP contribution in [0.15, 0.2) is 6.20 Å². The minimum Gasteiger partial charge on any atom is -0.444 e. The molecule has 23 heavy (non-hydrogen) atoms. The highest BCUT2D eigenvalue weighted by Crippen LogP contribution is 2.08. The molecule has 0 aliphatic carbocycles. The van der Waals surface area contributed by atoms with Crippen LogP contribution in [0.5, 0.6) is 0 Å². The van der Waals surface area contributed by atoms with E-state index in [-0.39, 0.29) is 5.91 Å². The van der Waals surface area contributed by atoms with Crippen LogP contribution >= 0.6 is 0 Å². The average molecular weight is 325 g/mol. The van der Waals surface area contributed by atoms with Gasteiger partial charge in [0.05, 0.1) is 11.8 Å². The molecule has 1 rings (SSSR count). The Bertz CT molecular complexity index is 534. The third-order valence-corrected chi connectivity index (χ3v) is 3.00. The van der Waals surface area contributed by atoms with Crippen LogP contribution in [0.1, 0.15) is 43.2 Å². The topological polar surface area (TPSA) is 111 Å². The smallest absolute Gasteiger partial charge is 0.407 e. The second-order valence-corrected chi connectivity index (χ2v) is 6.19. The standard InChI is InChI=1S/C15H27N5O3/c1-11-12(10-19-20(11)9-5-6-16)13(21)17-7-8-18-14(22)23-15(2,3)4/h10H,5-9,16H2,1-4H3,(H,17,21)(H,18,22). The van der Waals surface area contributed by atoms with Crippen LogP contribution in [0.2, 0.25) is 0 Å². The van der Waals surface area contributed by atoms with E-state index in [1.165, 1.54) is 0 Å². The maximum Gasteiger partial charge on any atom is 0.407 e. The highest BCUT2D eigenvalue weighted by atomic mass is 16.6. The molecular formula is C15H27N5O3. The zero-order chi connectivity index (χ0) is 17.5. The molecule has 130 valence electrons. The van der Waals surface area contributed by atoms with E-state index in [2.05, 4.69) is 15.7 Å². The fraction of sp³-hybridized carbons (Fsp3) is 0.667. The fourth-order valence-electron chi connectivity index (χ4n) is 1.89. The molecule has 0 atom stereocenters. The first-order valence-corrected chi connectivity index (χ1v) is 7.72. The first-order valence-electron chi connectivity index (χ1n) is 7.72. The lowest BCUT2D eigenvalue weighted by molar-refractivity contribution is 0.0526. The van der Waals surface area contributed by atoms with Crippen molar-refractivity contribution >= 4 is 12.0 Å². The number of ether oxygens (including phenoxy) is 1. The number of aryl methyl sites for hydroxylation is 1. The van der Waals surface area contributed by atoms with E-state index >= 15 is 0 Å². The van der Waals surface area contributed by atoms with Crippen LogP contribution in [0.25, 0.3) is 0 Å². The number of nitrogens with one attached hydrogen (secondary N) is 2. The number of hydrogen-bond donors (Lipinski definition) is 3. The van der Waals surface area contributed by atoms with Crippen molar-refractivity contribution in [1.29, 1.82) is 0 Å². The number of hydrogen-bond acceptors (Lipinski definition) is 5. The van der Waals surface area contributed by atoms with Crippen molar-refractivity contribution in [2.75, 3.05) is 19.6 Å². The Balaban J connectivity index is 2.37. The number of alkyl carbamates (subject to hydrolysis) is 1. The summed E-state index contributed by atoms with van der Waals surface area (Å²) >= 11 is 0. The van der Waals surface area contributed by atoms with Gasteiger partial charge in [-0.3, -0.25) is 9.48 Å². The van der Waals surface area contributed by atoms with E-state index in [4.69, 9.17) is 10.5 Å². The second kappa shape index (κ2) is 8.52. The summed E-state index contributed by atoms with van der Waals surface area (Å²) in [5.41, 5.74) is 6.26. The van der Waals surface area contributed by atoms with Gasteiger partial charge in [-0.2, -0.15) is 5.10 Å². The Kier molecular flexibility index (Phi) is 7.02. The van der Waals surface area contributed by atoms with Crippen molar-refractivity contribution in [3.8, 4) is 0 Å². The van der Waals surface area contributed by atoms with Crippen molar-refractivity contribution in [3.05, 3.63) is 17.5 Å². The molecule has 0 aromatic carbocycles. The first-order chi connectivity index (χ1) is 10.7. The quantitative estimate of drug-likeness (QED) is 0.642. The summed E-state index contributed by atoms with van der Waals surface area (Å²) in [6.45, 7) is 9.09.